The van der Waals surface area contributed by atoms with E-state index >= 15 is 0 Å². The summed E-state index contributed by atoms with van der Waals surface area (Å²) in [5, 5.41) is 2.47. The number of nitrogens with one attached hydrogen (secondary N) is 1. The van der Waals surface area contributed by atoms with Gasteiger partial charge in [0.05, 0.1) is 30.6 Å². The number of hydrogen-bond acceptors (Lipinski definition) is 12. The number of fused-ring (bicyclic) bond motifs is 1. The number of aromatic nitrogens is 4. The summed E-state index contributed by atoms with van der Waals surface area (Å²) >= 11 is 0. The molecule has 3 aromatic rings. The van der Waals surface area contributed by atoms with Crippen molar-refractivity contribution in [1.29, 1.82) is 0 Å². The average molecular weight is 557 g/mol. The van der Waals surface area contributed by atoms with E-state index in [2.05, 4.69) is 25.3 Å². The summed E-state index contributed by atoms with van der Waals surface area (Å²) in [4.78, 5) is 55.9. The van der Waals surface area contributed by atoms with Crippen molar-refractivity contribution < 1.29 is 28.2 Å². The number of nitrogens with zero attached hydrogens (tertiary/aromatic N) is 5. The van der Waals surface area contributed by atoms with Gasteiger partial charge in [-0.2, -0.15) is 9.97 Å². The number of anilines is 3. The Morgan fingerprint density at radius 3 is 2.23 bits per heavy atom. The standard InChI is InChI=1S/C26H33FN8O5/c1-13(2)39-24(37)18(27)10-19(25(38)40-14(3)4)32-23(36)15-6-8-17(9-7-15)35(5)12-16-11-30-22-20(31-16)21(28)33-26(29)34-22/h6-9,11,13-14,18-19H,10,12H2,1-5H3,(H,32,36)(H4,28,29,30,33,34)/t18?,19-/m0/s1. The first-order valence-corrected chi connectivity index (χ1v) is 12.6. The van der Waals surface area contributed by atoms with Crippen LogP contribution in [0.25, 0.3) is 11.2 Å². The molecule has 0 spiro atoms. The monoisotopic (exact) mass is 556 g/mol. The van der Waals surface area contributed by atoms with Gasteiger partial charge in [-0.15, -0.1) is 0 Å². The zero-order chi connectivity index (χ0) is 29.6. The smallest absolute Gasteiger partial charge is 0.341 e. The van der Waals surface area contributed by atoms with E-state index in [1.807, 2.05) is 11.9 Å². The number of ether oxygens (including phenoxy) is 2. The van der Waals surface area contributed by atoms with E-state index in [-0.39, 0.29) is 17.3 Å². The average Bonchev–Trinajstić information content (AvgIpc) is 2.87. The Morgan fingerprint density at radius 2 is 1.60 bits per heavy atom. The highest BCUT2D eigenvalue weighted by Crippen LogP contribution is 2.19. The molecule has 5 N–H and O–H groups in total. The molecule has 1 aromatic carbocycles. The van der Waals surface area contributed by atoms with Crippen LogP contribution in [0.2, 0.25) is 0 Å². The molecule has 13 nitrogen and oxygen atoms in total. The lowest BCUT2D eigenvalue weighted by Gasteiger charge is -2.21. The molecule has 40 heavy (non-hydrogen) atoms. The molecule has 3 rings (SSSR count). The summed E-state index contributed by atoms with van der Waals surface area (Å²) in [5.41, 5.74) is 13.7. The third-order valence-corrected chi connectivity index (χ3v) is 5.46. The van der Waals surface area contributed by atoms with Crippen molar-refractivity contribution in [1.82, 2.24) is 25.3 Å². The van der Waals surface area contributed by atoms with Crippen LogP contribution in [0.4, 0.5) is 21.8 Å². The molecule has 1 amide bonds. The molecule has 0 bridgehead atoms. The molecule has 2 aromatic heterocycles. The number of esters is 2. The Morgan fingerprint density at radius 1 is 0.975 bits per heavy atom. The number of nitrogen functional groups attached to an aromatic ring is 2. The van der Waals surface area contributed by atoms with Crippen molar-refractivity contribution in [3.8, 4) is 0 Å². The summed E-state index contributed by atoms with van der Waals surface area (Å²) in [6.07, 6.45) is -2.23. The second kappa shape index (κ2) is 13.0. The van der Waals surface area contributed by atoms with Gasteiger partial charge in [0.1, 0.15) is 6.04 Å². The summed E-state index contributed by atoms with van der Waals surface area (Å²) in [5.74, 6) is -2.48. The number of halogens is 1. The lowest BCUT2D eigenvalue weighted by atomic mass is 10.1. The number of benzene rings is 1. The van der Waals surface area contributed by atoms with Crippen LogP contribution in [0.15, 0.2) is 30.5 Å². The number of carbonyl (C=O) groups is 3. The predicted molar refractivity (Wildman–Crippen MR) is 146 cm³/mol. The molecule has 214 valence electrons. The second-order valence-corrected chi connectivity index (χ2v) is 9.60. The molecule has 0 aliphatic carbocycles. The van der Waals surface area contributed by atoms with Crippen LogP contribution in [0.1, 0.15) is 50.2 Å². The van der Waals surface area contributed by atoms with Crippen LogP contribution in [0, 0.1) is 0 Å². The van der Waals surface area contributed by atoms with Gasteiger partial charge in [0.2, 0.25) is 5.95 Å². The van der Waals surface area contributed by atoms with Crippen molar-refractivity contribution in [2.24, 2.45) is 0 Å². The third-order valence-electron chi connectivity index (χ3n) is 5.46. The molecule has 0 aliphatic heterocycles. The fourth-order valence-electron chi connectivity index (χ4n) is 3.64. The second-order valence-electron chi connectivity index (χ2n) is 9.60. The highest BCUT2D eigenvalue weighted by molar-refractivity contribution is 5.97. The minimum Gasteiger partial charge on any atom is -0.461 e. The quantitative estimate of drug-likeness (QED) is 0.292. The first-order valence-electron chi connectivity index (χ1n) is 12.6. The van der Waals surface area contributed by atoms with Crippen LogP contribution in [-0.4, -0.2) is 69.3 Å². The molecular formula is C26H33FN8O5. The minimum absolute atomic E-state index is 0.00886. The lowest BCUT2D eigenvalue weighted by molar-refractivity contribution is -0.155. The van der Waals surface area contributed by atoms with Crippen LogP contribution in [0.3, 0.4) is 0 Å². The topological polar surface area (TPSA) is 189 Å². The van der Waals surface area contributed by atoms with Gasteiger partial charge < -0.3 is 31.2 Å². The first-order chi connectivity index (χ1) is 18.8. The van der Waals surface area contributed by atoms with Crippen LogP contribution in [0.5, 0.6) is 0 Å². The van der Waals surface area contributed by atoms with Crippen molar-refractivity contribution >= 4 is 46.5 Å². The van der Waals surface area contributed by atoms with Gasteiger partial charge in [-0.1, -0.05) is 0 Å². The van der Waals surface area contributed by atoms with Gasteiger partial charge in [-0.3, -0.25) is 4.79 Å². The predicted octanol–water partition coefficient (Wildman–Crippen LogP) is 1.95. The van der Waals surface area contributed by atoms with Gasteiger partial charge in [0, 0.05) is 24.7 Å². The third kappa shape index (κ3) is 7.94. The van der Waals surface area contributed by atoms with Gasteiger partial charge in [-0.25, -0.2) is 23.9 Å². The zero-order valence-electron chi connectivity index (χ0n) is 22.9. The SMILES string of the molecule is CC(C)OC(=O)C(F)C[C@H](NC(=O)c1ccc(N(C)Cc2cnc3nc(N)nc(N)c3n2)cc1)C(=O)OC(C)C. The Labute approximate surface area is 230 Å². The number of hydrogen-bond donors (Lipinski definition) is 3. The lowest BCUT2D eigenvalue weighted by Crippen LogP contribution is -2.45. The summed E-state index contributed by atoms with van der Waals surface area (Å²) in [6.45, 7) is 6.75. The summed E-state index contributed by atoms with van der Waals surface area (Å²) in [7, 11) is 1.82. The molecule has 0 saturated heterocycles. The maximum absolute atomic E-state index is 14.5. The normalized spacial score (nSPS) is 12.7. The van der Waals surface area contributed by atoms with Crippen LogP contribution >= 0.6 is 0 Å². The van der Waals surface area contributed by atoms with Crippen molar-refractivity contribution in [3.05, 3.63) is 41.7 Å². The molecule has 2 heterocycles. The van der Waals surface area contributed by atoms with E-state index in [4.69, 9.17) is 20.9 Å². The van der Waals surface area contributed by atoms with Crippen molar-refractivity contribution in [2.45, 2.75) is 65.1 Å². The Hall–Kier alpha value is -4.62. The van der Waals surface area contributed by atoms with E-state index in [0.717, 1.165) is 5.69 Å². The van der Waals surface area contributed by atoms with Gasteiger partial charge in [-0.05, 0) is 52.0 Å². The molecular weight excluding hydrogens is 523 g/mol. The Balaban J connectivity index is 1.69. The Kier molecular flexibility index (Phi) is 9.69. The fraction of sp³-hybridized carbons (Fsp3) is 0.423. The fourth-order valence-corrected chi connectivity index (χ4v) is 3.64. The summed E-state index contributed by atoms with van der Waals surface area (Å²) in [6, 6.07) is 5.09. The van der Waals surface area contributed by atoms with Gasteiger partial charge >= 0.3 is 11.9 Å². The molecule has 0 saturated carbocycles. The molecule has 0 aliphatic rings. The maximum atomic E-state index is 14.5. The number of amides is 1. The molecule has 14 heteroatoms. The van der Waals surface area contributed by atoms with E-state index in [1.54, 1.807) is 58.2 Å². The minimum atomic E-state index is -2.12. The maximum Gasteiger partial charge on any atom is 0.341 e. The van der Waals surface area contributed by atoms with E-state index < -0.39 is 48.7 Å². The number of nitrogens with two attached hydrogens (primary N) is 2. The molecule has 0 fully saturated rings. The molecule has 2 atom stereocenters. The van der Waals surface area contributed by atoms with Gasteiger partial charge in [0.25, 0.3) is 5.91 Å². The number of alkyl halides is 1. The molecule has 1 unspecified atom stereocenters. The van der Waals surface area contributed by atoms with Crippen LogP contribution < -0.4 is 21.7 Å². The van der Waals surface area contributed by atoms with Gasteiger partial charge in [0.15, 0.2) is 23.2 Å². The highest BCUT2D eigenvalue weighted by Gasteiger charge is 2.31. The molecule has 0 radical (unpaired) electrons. The first kappa shape index (κ1) is 29.9. The number of carbonyl (C=O) groups excluding carboxylic acids is 3. The number of rotatable bonds is 11. The van der Waals surface area contributed by atoms with Crippen molar-refractivity contribution in [3.63, 3.8) is 0 Å². The van der Waals surface area contributed by atoms with E-state index in [1.165, 1.54) is 0 Å². The van der Waals surface area contributed by atoms with Crippen LogP contribution in [-0.2, 0) is 25.6 Å². The largest absolute Gasteiger partial charge is 0.461 e. The zero-order valence-corrected chi connectivity index (χ0v) is 22.9. The Bertz CT molecular complexity index is 1370. The van der Waals surface area contributed by atoms with E-state index in [0.29, 0.717) is 23.4 Å². The summed E-state index contributed by atoms with van der Waals surface area (Å²) < 4.78 is 24.5. The highest BCUT2D eigenvalue weighted by atomic mass is 19.1. The van der Waals surface area contributed by atoms with E-state index in [9.17, 15) is 18.8 Å². The van der Waals surface area contributed by atoms with Crippen molar-refractivity contribution in [2.75, 3.05) is 23.4 Å².